The summed E-state index contributed by atoms with van der Waals surface area (Å²) < 4.78 is 31.2. The molecule has 2 aromatic carbocycles. The van der Waals surface area contributed by atoms with Gasteiger partial charge in [-0.15, -0.1) is 0 Å². The van der Waals surface area contributed by atoms with Crippen molar-refractivity contribution in [1.29, 1.82) is 0 Å². The molecule has 1 aromatic heterocycles. The molecule has 0 N–H and O–H groups in total. The fourth-order valence-corrected chi connectivity index (χ4v) is 3.07. The highest BCUT2D eigenvalue weighted by atomic mass is 79.9. The van der Waals surface area contributed by atoms with Gasteiger partial charge in [0.1, 0.15) is 35.1 Å². The summed E-state index contributed by atoms with van der Waals surface area (Å²) in [5, 5.41) is 0.597. The zero-order valence-electron chi connectivity index (χ0n) is 14.6. The van der Waals surface area contributed by atoms with Gasteiger partial charge in [-0.1, -0.05) is 18.2 Å². The molecule has 0 aliphatic carbocycles. The van der Waals surface area contributed by atoms with Crippen molar-refractivity contribution < 1.29 is 23.1 Å². The molecule has 0 saturated heterocycles. The average Bonchev–Trinajstić information content (AvgIpc) is 2.88. The summed E-state index contributed by atoms with van der Waals surface area (Å²) in [5.41, 5.74) is 1.36. The Balaban J connectivity index is 1.95. The predicted octanol–water partition coefficient (Wildman–Crippen LogP) is 5.79. The topological polar surface area (TPSA) is 48.7 Å². The maximum Gasteiger partial charge on any atom is 0.342 e. The summed E-state index contributed by atoms with van der Waals surface area (Å²) in [4.78, 5) is 12.4. The molecule has 0 bridgehead atoms. The molecule has 0 atom stereocenters. The Morgan fingerprint density at radius 3 is 2.69 bits per heavy atom. The van der Waals surface area contributed by atoms with Crippen LogP contribution in [0.5, 0.6) is 5.75 Å². The maximum atomic E-state index is 13.8. The molecular weight excluding hydrogens is 403 g/mol. The van der Waals surface area contributed by atoms with Gasteiger partial charge in [0.15, 0.2) is 0 Å². The van der Waals surface area contributed by atoms with Crippen LogP contribution in [0, 0.1) is 12.7 Å². The Labute approximate surface area is 159 Å². The normalized spacial score (nSPS) is 11.2. The Bertz CT molecular complexity index is 962. The van der Waals surface area contributed by atoms with Crippen LogP contribution in [0.1, 0.15) is 35.5 Å². The van der Waals surface area contributed by atoms with Crippen LogP contribution in [0.15, 0.2) is 45.3 Å². The standard InChI is InChI=1S/C20H18BrFO4/c1-11(2)25-20(23)19-12(3)26-17-9-15(21)18(8-14(17)19)24-10-13-6-4-5-7-16(13)22/h4-9,11H,10H2,1-3H3. The Hall–Kier alpha value is -2.34. The number of hydrogen-bond donors (Lipinski definition) is 0. The van der Waals surface area contributed by atoms with E-state index in [0.717, 1.165) is 0 Å². The molecule has 0 aliphatic heterocycles. The quantitative estimate of drug-likeness (QED) is 0.490. The Morgan fingerprint density at radius 2 is 2.00 bits per heavy atom. The van der Waals surface area contributed by atoms with Crippen LogP contribution in [0.3, 0.4) is 0 Å². The lowest BCUT2D eigenvalue weighted by atomic mass is 10.1. The van der Waals surface area contributed by atoms with Crippen molar-refractivity contribution >= 4 is 32.9 Å². The molecule has 4 nitrogen and oxygen atoms in total. The fraction of sp³-hybridized carbons (Fsp3) is 0.250. The molecule has 0 spiro atoms. The van der Waals surface area contributed by atoms with Gasteiger partial charge in [-0.3, -0.25) is 0 Å². The van der Waals surface area contributed by atoms with Crippen molar-refractivity contribution in [3.63, 3.8) is 0 Å². The zero-order valence-corrected chi connectivity index (χ0v) is 16.2. The minimum absolute atomic E-state index is 0.0688. The van der Waals surface area contributed by atoms with Gasteiger partial charge in [0, 0.05) is 10.9 Å². The number of furan rings is 1. The van der Waals surface area contributed by atoms with E-state index in [1.54, 1.807) is 51.1 Å². The van der Waals surface area contributed by atoms with E-state index in [1.165, 1.54) is 6.07 Å². The molecule has 0 amide bonds. The minimum atomic E-state index is -0.446. The van der Waals surface area contributed by atoms with E-state index in [1.807, 2.05) is 0 Å². The van der Waals surface area contributed by atoms with Crippen molar-refractivity contribution in [3.8, 4) is 5.75 Å². The second-order valence-corrected chi connectivity index (χ2v) is 7.00. The Kier molecular flexibility index (Phi) is 5.32. The SMILES string of the molecule is Cc1oc2cc(Br)c(OCc3ccccc3F)cc2c1C(=O)OC(C)C. The number of aryl methyl sites for hydroxylation is 1. The maximum absolute atomic E-state index is 13.8. The van der Waals surface area contributed by atoms with Gasteiger partial charge < -0.3 is 13.9 Å². The monoisotopic (exact) mass is 420 g/mol. The number of rotatable bonds is 5. The van der Waals surface area contributed by atoms with Gasteiger partial charge in [-0.05, 0) is 54.9 Å². The van der Waals surface area contributed by atoms with Gasteiger partial charge >= 0.3 is 5.97 Å². The van der Waals surface area contributed by atoms with Crippen molar-refractivity contribution in [2.24, 2.45) is 0 Å². The molecule has 136 valence electrons. The summed E-state index contributed by atoms with van der Waals surface area (Å²) >= 11 is 3.43. The second-order valence-electron chi connectivity index (χ2n) is 6.15. The largest absolute Gasteiger partial charge is 0.488 e. The van der Waals surface area contributed by atoms with Crippen LogP contribution in [0.25, 0.3) is 11.0 Å². The smallest absolute Gasteiger partial charge is 0.342 e. The summed E-state index contributed by atoms with van der Waals surface area (Å²) in [5.74, 6) is 0.188. The van der Waals surface area contributed by atoms with Crippen LogP contribution >= 0.6 is 15.9 Å². The molecule has 6 heteroatoms. The predicted molar refractivity (Wildman–Crippen MR) is 99.9 cm³/mol. The fourth-order valence-electron chi connectivity index (χ4n) is 2.63. The van der Waals surface area contributed by atoms with Crippen molar-refractivity contribution in [2.75, 3.05) is 0 Å². The number of benzene rings is 2. The highest BCUT2D eigenvalue weighted by Crippen LogP contribution is 2.35. The molecule has 0 aliphatic rings. The van der Waals surface area contributed by atoms with E-state index in [2.05, 4.69) is 15.9 Å². The zero-order chi connectivity index (χ0) is 18.8. The molecule has 0 saturated carbocycles. The highest BCUT2D eigenvalue weighted by molar-refractivity contribution is 9.10. The number of esters is 1. The second kappa shape index (κ2) is 7.50. The van der Waals surface area contributed by atoms with Crippen LogP contribution in [-0.2, 0) is 11.3 Å². The van der Waals surface area contributed by atoms with Crippen LogP contribution in [-0.4, -0.2) is 12.1 Å². The molecule has 3 aromatic rings. The lowest BCUT2D eigenvalue weighted by Crippen LogP contribution is -2.12. The van der Waals surface area contributed by atoms with Gasteiger partial charge in [0.05, 0.1) is 10.6 Å². The summed E-state index contributed by atoms with van der Waals surface area (Å²) in [6, 6.07) is 9.85. The molecular formula is C20H18BrFO4. The van der Waals surface area contributed by atoms with Crippen LogP contribution in [0.4, 0.5) is 4.39 Å². The average molecular weight is 421 g/mol. The number of hydrogen-bond acceptors (Lipinski definition) is 4. The lowest BCUT2D eigenvalue weighted by molar-refractivity contribution is 0.0378. The van der Waals surface area contributed by atoms with Crippen LogP contribution in [0.2, 0.25) is 0 Å². The first-order chi connectivity index (χ1) is 12.4. The molecule has 0 fully saturated rings. The molecule has 0 unspecified atom stereocenters. The Morgan fingerprint density at radius 1 is 1.27 bits per heavy atom. The summed E-state index contributed by atoms with van der Waals surface area (Å²) in [6.45, 7) is 5.36. The lowest BCUT2D eigenvalue weighted by Gasteiger charge is -2.10. The van der Waals surface area contributed by atoms with Crippen molar-refractivity contribution in [1.82, 2.24) is 0 Å². The first-order valence-electron chi connectivity index (χ1n) is 8.16. The third-order valence-corrected chi connectivity index (χ3v) is 4.43. The first-order valence-corrected chi connectivity index (χ1v) is 8.96. The summed E-state index contributed by atoms with van der Waals surface area (Å²) in [7, 11) is 0. The number of fused-ring (bicyclic) bond motifs is 1. The number of halogens is 2. The minimum Gasteiger partial charge on any atom is -0.488 e. The third-order valence-electron chi connectivity index (χ3n) is 3.81. The van der Waals surface area contributed by atoms with E-state index < -0.39 is 5.97 Å². The first kappa shape index (κ1) is 18.5. The molecule has 3 rings (SSSR count). The van der Waals surface area contributed by atoms with Crippen molar-refractivity contribution in [2.45, 2.75) is 33.5 Å². The van der Waals surface area contributed by atoms with Gasteiger partial charge in [0.25, 0.3) is 0 Å². The van der Waals surface area contributed by atoms with E-state index in [0.29, 0.717) is 38.1 Å². The van der Waals surface area contributed by atoms with E-state index >= 15 is 0 Å². The van der Waals surface area contributed by atoms with Gasteiger partial charge in [0.2, 0.25) is 0 Å². The molecule has 0 radical (unpaired) electrons. The third kappa shape index (κ3) is 3.75. The van der Waals surface area contributed by atoms with E-state index in [-0.39, 0.29) is 18.5 Å². The number of ether oxygens (including phenoxy) is 2. The van der Waals surface area contributed by atoms with Crippen molar-refractivity contribution in [3.05, 3.63) is 63.6 Å². The number of carbonyl (C=O) groups excluding carboxylic acids is 1. The summed E-state index contributed by atoms with van der Waals surface area (Å²) in [6.07, 6.45) is -0.237. The van der Waals surface area contributed by atoms with Gasteiger partial charge in [-0.2, -0.15) is 0 Å². The molecule has 26 heavy (non-hydrogen) atoms. The van der Waals surface area contributed by atoms with E-state index in [9.17, 15) is 9.18 Å². The number of carbonyl (C=O) groups is 1. The highest BCUT2D eigenvalue weighted by Gasteiger charge is 2.22. The van der Waals surface area contributed by atoms with E-state index in [4.69, 9.17) is 13.9 Å². The van der Waals surface area contributed by atoms with Gasteiger partial charge in [-0.25, -0.2) is 9.18 Å². The molecule has 1 heterocycles. The van der Waals surface area contributed by atoms with Crippen LogP contribution < -0.4 is 4.74 Å².